The van der Waals surface area contributed by atoms with E-state index < -0.39 is 29.2 Å². The summed E-state index contributed by atoms with van der Waals surface area (Å²) in [6.45, 7) is 0.809. The topological polar surface area (TPSA) is 78.7 Å². The van der Waals surface area contributed by atoms with Crippen molar-refractivity contribution in [3.8, 4) is 17.1 Å². The summed E-state index contributed by atoms with van der Waals surface area (Å²) in [6.07, 6.45) is -4.60. The molecule has 4 rings (SSSR count). The van der Waals surface area contributed by atoms with Gasteiger partial charge < -0.3 is 14.9 Å². The molecule has 0 unspecified atom stereocenters. The first-order valence-electron chi connectivity index (χ1n) is 10.9. The van der Waals surface area contributed by atoms with Gasteiger partial charge in [-0.2, -0.15) is 13.2 Å². The average molecular weight is 525 g/mol. The molecular weight excluding hydrogens is 504 g/mol. The van der Waals surface area contributed by atoms with Gasteiger partial charge in [-0.3, -0.25) is 9.36 Å². The highest BCUT2D eigenvalue weighted by Gasteiger charge is 2.31. The number of halogens is 5. The van der Waals surface area contributed by atoms with Gasteiger partial charge >= 0.3 is 12.3 Å². The standard InChI is InChI=1S/C24H21ClF4N4O3/c1-31(23(35)36)16-8-10-32(11-9-16)20-13-21(34)33(17-5-2-14(3-6-17)24(27,28)29)22(30-20)18-7-4-15(25)12-19(18)26/h2-7,12-13,16H,8-11H2,1H3,(H,35,36). The van der Waals surface area contributed by atoms with E-state index in [1.807, 2.05) is 0 Å². The predicted octanol–water partition coefficient (Wildman–Crippen LogP) is 5.29. The second kappa shape index (κ2) is 9.81. The molecule has 1 aliphatic heterocycles. The van der Waals surface area contributed by atoms with Crippen molar-refractivity contribution in [1.29, 1.82) is 0 Å². The van der Waals surface area contributed by atoms with E-state index in [0.717, 1.165) is 34.9 Å². The van der Waals surface area contributed by atoms with Crippen LogP contribution in [0.15, 0.2) is 53.3 Å². The van der Waals surface area contributed by atoms with E-state index in [2.05, 4.69) is 4.98 Å². The molecule has 2 heterocycles. The van der Waals surface area contributed by atoms with E-state index in [0.29, 0.717) is 25.9 Å². The molecule has 1 N–H and O–H groups in total. The maximum atomic E-state index is 14.9. The van der Waals surface area contributed by atoms with Crippen molar-refractivity contribution < 1.29 is 27.5 Å². The van der Waals surface area contributed by atoms with Crippen LogP contribution in [0, 0.1) is 5.82 Å². The van der Waals surface area contributed by atoms with E-state index in [-0.39, 0.29) is 34.0 Å². The van der Waals surface area contributed by atoms with Gasteiger partial charge in [0.25, 0.3) is 5.56 Å². The van der Waals surface area contributed by atoms with Crippen LogP contribution in [0.5, 0.6) is 0 Å². The Balaban J connectivity index is 1.78. The molecule has 0 saturated carbocycles. The number of hydrogen-bond acceptors (Lipinski definition) is 4. The number of alkyl halides is 3. The van der Waals surface area contributed by atoms with Gasteiger partial charge in [-0.15, -0.1) is 0 Å². The molecule has 1 saturated heterocycles. The van der Waals surface area contributed by atoms with Gasteiger partial charge in [0.1, 0.15) is 11.6 Å². The van der Waals surface area contributed by atoms with Crippen LogP contribution in [0.1, 0.15) is 18.4 Å². The van der Waals surface area contributed by atoms with Gasteiger partial charge in [0.2, 0.25) is 0 Å². The fraction of sp³-hybridized carbons (Fsp3) is 0.292. The lowest BCUT2D eigenvalue weighted by Crippen LogP contribution is -2.45. The van der Waals surface area contributed by atoms with Crippen LogP contribution in [0.4, 0.5) is 28.2 Å². The number of carbonyl (C=O) groups is 1. The van der Waals surface area contributed by atoms with Crippen molar-refractivity contribution in [3.05, 3.63) is 75.3 Å². The van der Waals surface area contributed by atoms with Gasteiger partial charge in [0.05, 0.1) is 16.8 Å². The highest BCUT2D eigenvalue weighted by Crippen LogP contribution is 2.31. The normalized spacial score (nSPS) is 14.7. The molecule has 190 valence electrons. The Morgan fingerprint density at radius 3 is 2.31 bits per heavy atom. The number of rotatable bonds is 4. The number of aromatic nitrogens is 2. The molecule has 1 amide bonds. The molecule has 1 fully saturated rings. The maximum absolute atomic E-state index is 14.9. The van der Waals surface area contributed by atoms with Crippen LogP contribution in [0.3, 0.4) is 0 Å². The minimum Gasteiger partial charge on any atom is -0.465 e. The molecule has 0 spiro atoms. The van der Waals surface area contributed by atoms with Gasteiger partial charge in [0, 0.05) is 37.3 Å². The summed E-state index contributed by atoms with van der Waals surface area (Å²) < 4.78 is 55.1. The van der Waals surface area contributed by atoms with Crippen LogP contribution in [-0.2, 0) is 6.18 Å². The summed E-state index contributed by atoms with van der Waals surface area (Å²) in [4.78, 5) is 32.0. The molecule has 1 aromatic heterocycles. The number of anilines is 1. The van der Waals surface area contributed by atoms with E-state index in [1.54, 1.807) is 4.90 Å². The molecule has 0 atom stereocenters. The van der Waals surface area contributed by atoms with E-state index in [4.69, 9.17) is 11.6 Å². The Bertz CT molecular complexity index is 1340. The number of piperidine rings is 1. The highest BCUT2D eigenvalue weighted by atomic mass is 35.5. The van der Waals surface area contributed by atoms with Crippen LogP contribution < -0.4 is 10.5 Å². The number of carboxylic acid groups (broad SMARTS) is 1. The Labute approximate surface area is 208 Å². The van der Waals surface area contributed by atoms with Crippen molar-refractivity contribution in [2.45, 2.75) is 25.1 Å². The van der Waals surface area contributed by atoms with Gasteiger partial charge in [-0.1, -0.05) is 11.6 Å². The van der Waals surface area contributed by atoms with Crippen LogP contribution >= 0.6 is 11.6 Å². The molecule has 12 heteroatoms. The minimum atomic E-state index is -4.56. The Morgan fingerprint density at radius 1 is 1.11 bits per heavy atom. The smallest absolute Gasteiger partial charge is 0.416 e. The summed E-state index contributed by atoms with van der Waals surface area (Å²) in [5, 5.41) is 9.34. The molecule has 0 aliphatic carbocycles. The fourth-order valence-corrected chi connectivity index (χ4v) is 4.33. The number of amides is 1. The third-order valence-corrected chi connectivity index (χ3v) is 6.40. The molecule has 0 radical (unpaired) electrons. The monoisotopic (exact) mass is 524 g/mol. The first kappa shape index (κ1) is 25.5. The van der Waals surface area contributed by atoms with E-state index >= 15 is 0 Å². The summed E-state index contributed by atoms with van der Waals surface area (Å²) >= 11 is 5.88. The molecule has 36 heavy (non-hydrogen) atoms. The lowest BCUT2D eigenvalue weighted by atomic mass is 10.0. The summed E-state index contributed by atoms with van der Waals surface area (Å²) in [7, 11) is 1.49. The van der Waals surface area contributed by atoms with E-state index in [9.17, 15) is 32.3 Å². The highest BCUT2D eigenvalue weighted by molar-refractivity contribution is 6.30. The van der Waals surface area contributed by atoms with Gasteiger partial charge in [-0.25, -0.2) is 14.2 Å². The lowest BCUT2D eigenvalue weighted by molar-refractivity contribution is -0.137. The fourth-order valence-electron chi connectivity index (χ4n) is 4.17. The Morgan fingerprint density at radius 2 is 1.75 bits per heavy atom. The Kier molecular flexibility index (Phi) is 6.94. The molecule has 7 nitrogen and oxygen atoms in total. The second-order valence-corrected chi connectivity index (χ2v) is 8.83. The first-order valence-corrected chi connectivity index (χ1v) is 11.3. The van der Waals surface area contributed by atoms with Gasteiger partial charge in [-0.05, 0) is 55.3 Å². The third kappa shape index (κ3) is 5.15. The molecular formula is C24H21ClF4N4O3. The quantitative estimate of drug-likeness (QED) is 0.469. The second-order valence-electron chi connectivity index (χ2n) is 8.39. The number of benzene rings is 2. The van der Waals surface area contributed by atoms with Crippen LogP contribution in [0.2, 0.25) is 5.02 Å². The van der Waals surface area contributed by atoms with Crippen LogP contribution in [0.25, 0.3) is 17.1 Å². The third-order valence-electron chi connectivity index (χ3n) is 6.17. The minimum absolute atomic E-state index is 0.0567. The summed E-state index contributed by atoms with van der Waals surface area (Å²) in [5.41, 5.74) is -1.48. The Hall–Kier alpha value is -3.60. The largest absolute Gasteiger partial charge is 0.465 e. The van der Waals surface area contributed by atoms with Gasteiger partial charge in [0.15, 0.2) is 5.82 Å². The average Bonchev–Trinajstić information content (AvgIpc) is 2.83. The van der Waals surface area contributed by atoms with Crippen LogP contribution in [-0.4, -0.2) is 51.8 Å². The maximum Gasteiger partial charge on any atom is 0.416 e. The van der Waals surface area contributed by atoms with Crippen molar-refractivity contribution in [1.82, 2.24) is 14.5 Å². The molecule has 1 aliphatic rings. The zero-order valence-electron chi connectivity index (χ0n) is 19.0. The first-order chi connectivity index (χ1) is 17.0. The summed E-state index contributed by atoms with van der Waals surface area (Å²) in [6, 6.07) is 8.77. The lowest BCUT2D eigenvalue weighted by Gasteiger charge is -2.36. The molecule has 0 bridgehead atoms. The SMILES string of the molecule is CN(C(=O)O)C1CCN(c2cc(=O)n(-c3ccc(C(F)(F)F)cc3)c(-c3ccc(Cl)cc3F)n2)CC1. The predicted molar refractivity (Wildman–Crippen MR) is 126 cm³/mol. The molecule has 2 aromatic carbocycles. The summed E-state index contributed by atoms with van der Waals surface area (Å²) in [5.74, 6) is -0.603. The van der Waals surface area contributed by atoms with Crippen molar-refractivity contribution >= 4 is 23.5 Å². The number of nitrogens with zero attached hydrogens (tertiary/aromatic N) is 4. The van der Waals surface area contributed by atoms with E-state index in [1.165, 1.54) is 30.1 Å². The zero-order chi connectivity index (χ0) is 26.2. The zero-order valence-corrected chi connectivity index (χ0v) is 19.7. The van der Waals surface area contributed by atoms with Crippen molar-refractivity contribution in [3.63, 3.8) is 0 Å². The van der Waals surface area contributed by atoms with Crippen molar-refractivity contribution in [2.75, 3.05) is 25.0 Å². The van der Waals surface area contributed by atoms with Crippen molar-refractivity contribution in [2.24, 2.45) is 0 Å². The number of hydrogen-bond donors (Lipinski definition) is 1. The molecule has 3 aromatic rings.